The number of halogens is 4. The lowest BCUT2D eigenvalue weighted by atomic mass is 9.89. The van der Waals surface area contributed by atoms with Crippen LogP contribution in [0, 0.1) is 13.8 Å². The van der Waals surface area contributed by atoms with Gasteiger partial charge >= 0.3 is 13.2 Å². The van der Waals surface area contributed by atoms with Crippen LogP contribution in [0.4, 0.5) is 23.0 Å². The van der Waals surface area contributed by atoms with Gasteiger partial charge < -0.3 is 31.7 Å². The summed E-state index contributed by atoms with van der Waals surface area (Å²) < 4.78 is 50.8. The average Bonchev–Trinajstić information content (AvgIpc) is 2.84. The van der Waals surface area contributed by atoms with Crippen molar-refractivity contribution in [1.82, 2.24) is 0 Å². The number of carbonyl (C=O) groups is 1. The third-order valence-electron chi connectivity index (χ3n) is 5.77. The monoisotopic (exact) mass is 529 g/mol. The van der Waals surface area contributed by atoms with Crippen LogP contribution in [-0.2, 0) is 4.74 Å². The van der Waals surface area contributed by atoms with E-state index in [4.69, 9.17) is 9.15 Å². The zero-order valence-corrected chi connectivity index (χ0v) is 22.0. The standard InChI is InChI=1S/C28H30N2O3.BF4/c1-6-29-23-15-25-21(13-17(23)4)27(19-11-9-10-12-20(19)28(31)32-8-3)22-14-18(5)24(30-7-2)16-26(22)33-25;2-1(3,4)5/h9-16,29H,6-8H2,1-5H3;/q;-1. The Morgan fingerprint density at radius 2 is 1.66 bits per heavy atom. The number of esters is 1. The molecule has 10 heteroatoms. The van der Waals surface area contributed by atoms with Crippen molar-refractivity contribution in [2.45, 2.75) is 34.6 Å². The van der Waals surface area contributed by atoms with Crippen molar-refractivity contribution < 1.29 is 31.2 Å². The Bertz CT molecular complexity index is 1480. The van der Waals surface area contributed by atoms with E-state index in [1.165, 1.54) is 0 Å². The van der Waals surface area contributed by atoms with Crippen molar-refractivity contribution in [3.8, 4) is 22.5 Å². The number of carbonyl (C=O) groups excluding carboxylic acids is 1. The molecule has 0 amide bonds. The van der Waals surface area contributed by atoms with Gasteiger partial charge in [-0.3, -0.25) is 4.99 Å². The molecule has 0 aromatic heterocycles. The molecular formula is C28H30BF4N2O3-. The molecule has 2 aliphatic rings. The molecule has 1 aliphatic carbocycles. The molecule has 0 saturated carbocycles. The van der Waals surface area contributed by atoms with E-state index < -0.39 is 7.25 Å². The van der Waals surface area contributed by atoms with Crippen molar-refractivity contribution in [3.05, 3.63) is 70.6 Å². The van der Waals surface area contributed by atoms with Crippen LogP contribution in [0.25, 0.3) is 33.4 Å². The molecule has 5 nitrogen and oxygen atoms in total. The molecule has 0 fully saturated rings. The molecule has 4 rings (SSSR count). The van der Waals surface area contributed by atoms with Gasteiger partial charge in [-0.15, -0.1) is 0 Å². The molecule has 38 heavy (non-hydrogen) atoms. The van der Waals surface area contributed by atoms with Gasteiger partial charge in [0, 0.05) is 47.4 Å². The van der Waals surface area contributed by atoms with Crippen LogP contribution in [0.5, 0.6) is 0 Å². The maximum absolute atomic E-state index is 12.9. The average molecular weight is 529 g/mol. The van der Waals surface area contributed by atoms with Crippen molar-refractivity contribution >= 4 is 29.9 Å². The van der Waals surface area contributed by atoms with Gasteiger partial charge in [0.05, 0.1) is 17.5 Å². The first-order chi connectivity index (χ1) is 18.0. The topological polar surface area (TPSA) is 63.8 Å². The van der Waals surface area contributed by atoms with Crippen LogP contribution in [-0.4, -0.2) is 32.9 Å². The second-order valence-corrected chi connectivity index (χ2v) is 8.54. The highest BCUT2D eigenvalue weighted by Crippen LogP contribution is 2.43. The molecule has 0 unspecified atom stereocenters. The number of hydrogen-bond acceptors (Lipinski definition) is 5. The molecule has 1 aliphatic heterocycles. The Kier molecular flexibility index (Phi) is 9.19. The summed E-state index contributed by atoms with van der Waals surface area (Å²) >= 11 is 0. The second kappa shape index (κ2) is 12.2. The maximum Gasteiger partial charge on any atom is 0.673 e. The summed E-state index contributed by atoms with van der Waals surface area (Å²) in [5.41, 5.74) is 7.25. The lowest BCUT2D eigenvalue weighted by molar-refractivity contribution is 0.0527. The zero-order chi connectivity index (χ0) is 28.0. The van der Waals surface area contributed by atoms with Crippen LogP contribution in [0.1, 0.15) is 42.3 Å². The van der Waals surface area contributed by atoms with Crippen LogP contribution in [0.15, 0.2) is 57.9 Å². The summed E-state index contributed by atoms with van der Waals surface area (Å²) in [6.07, 6.45) is 0. The molecule has 0 atom stereocenters. The number of nitrogens with one attached hydrogen (secondary N) is 1. The Balaban J connectivity index is 0.000000732. The largest absolute Gasteiger partial charge is 0.673 e. The fourth-order valence-electron chi connectivity index (χ4n) is 4.29. The van der Waals surface area contributed by atoms with Crippen molar-refractivity contribution in [2.24, 2.45) is 4.99 Å². The van der Waals surface area contributed by atoms with E-state index in [1.54, 1.807) is 0 Å². The van der Waals surface area contributed by atoms with E-state index in [0.29, 0.717) is 18.7 Å². The van der Waals surface area contributed by atoms with E-state index in [2.05, 4.69) is 43.2 Å². The smallest absolute Gasteiger partial charge is 0.462 e. The Labute approximate surface area is 219 Å². The predicted octanol–water partition coefficient (Wildman–Crippen LogP) is 7.65. The molecule has 0 bridgehead atoms. The minimum absolute atomic E-state index is 0.324. The number of benzene rings is 3. The molecule has 0 radical (unpaired) electrons. The molecule has 2 aromatic rings. The van der Waals surface area contributed by atoms with Crippen LogP contribution >= 0.6 is 0 Å². The number of aryl methyl sites for hydroxylation is 2. The van der Waals surface area contributed by atoms with Gasteiger partial charge in [0.15, 0.2) is 0 Å². The molecule has 1 N–H and O–H groups in total. The quantitative estimate of drug-likeness (QED) is 0.121. The van der Waals surface area contributed by atoms with Crippen molar-refractivity contribution in [2.75, 3.05) is 25.0 Å². The lowest BCUT2D eigenvalue weighted by Crippen LogP contribution is -2.10. The summed E-state index contributed by atoms with van der Waals surface area (Å²) in [7, 11) is -6.00. The Morgan fingerprint density at radius 3 is 2.29 bits per heavy atom. The Morgan fingerprint density at radius 1 is 0.974 bits per heavy atom. The van der Waals surface area contributed by atoms with Gasteiger partial charge in [0.1, 0.15) is 11.3 Å². The summed E-state index contributed by atoms with van der Waals surface area (Å²) in [5, 5.41) is 5.28. The first kappa shape index (κ1) is 28.8. The molecule has 1 heterocycles. The SMILES string of the molecule is CCN=c1cc2oc3cc(NCC)c(C)cc3c(-c3ccccc3C(=O)OCC)c-2cc1C.F[B-](F)(F)F. The highest BCUT2D eigenvalue weighted by molar-refractivity contribution is 6.50. The maximum atomic E-state index is 12.9. The highest BCUT2D eigenvalue weighted by atomic mass is 19.5. The van der Waals surface area contributed by atoms with Crippen molar-refractivity contribution in [1.29, 1.82) is 0 Å². The second-order valence-electron chi connectivity index (χ2n) is 8.54. The summed E-state index contributed by atoms with van der Waals surface area (Å²) in [6, 6.07) is 15.9. The van der Waals surface area contributed by atoms with Gasteiger partial charge in [-0.25, -0.2) is 4.79 Å². The van der Waals surface area contributed by atoms with Crippen LogP contribution in [0.3, 0.4) is 0 Å². The third-order valence-corrected chi connectivity index (χ3v) is 5.77. The normalized spacial score (nSPS) is 11.9. The first-order valence-electron chi connectivity index (χ1n) is 12.4. The van der Waals surface area contributed by atoms with E-state index in [1.807, 2.05) is 50.2 Å². The number of fused-ring (bicyclic) bond motifs is 2. The van der Waals surface area contributed by atoms with Gasteiger partial charge in [-0.1, -0.05) is 18.2 Å². The minimum atomic E-state index is -6.00. The van der Waals surface area contributed by atoms with Gasteiger partial charge in [0.25, 0.3) is 0 Å². The van der Waals surface area contributed by atoms with Gasteiger partial charge in [0.2, 0.25) is 0 Å². The molecule has 2 aromatic carbocycles. The fraction of sp³-hybridized carbons (Fsp3) is 0.286. The minimum Gasteiger partial charge on any atom is -0.462 e. The summed E-state index contributed by atoms with van der Waals surface area (Å²) in [5.74, 6) is 0.408. The van der Waals surface area contributed by atoms with E-state index >= 15 is 0 Å². The van der Waals surface area contributed by atoms with E-state index in [0.717, 1.165) is 62.1 Å². The number of hydrogen-bond donors (Lipinski definition) is 1. The highest BCUT2D eigenvalue weighted by Gasteiger charge is 2.23. The van der Waals surface area contributed by atoms with Crippen LogP contribution in [0.2, 0.25) is 0 Å². The third kappa shape index (κ3) is 6.73. The molecule has 202 valence electrons. The molecule has 0 saturated heterocycles. The lowest BCUT2D eigenvalue weighted by Gasteiger charge is -2.19. The Hall–Kier alpha value is -3.82. The first-order valence-corrected chi connectivity index (χ1v) is 12.4. The molecular weight excluding hydrogens is 499 g/mol. The number of anilines is 1. The number of rotatable bonds is 6. The van der Waals surface area contributed by atoms with Crippen LogP contribution < -0.4 is 10.7 Å². The van der Waals surface area contributed by atoms with E-state index in [-0.39, 0.29) is 5.97 Å². The van der Waals surface area contributed by atoms with E-state index in [9.17, 15) is 22.1 Å². The predicted molar refractivity (Wildman–Crippen MR) is 144 cm³/mol. The molecule has 0 spiro atoms. The summed E-state index contributed by atoms with van der Waals surface area (Å²) in [4.78, 5) is 17.5. The number of ether oxygens (including phenoxy) is 1. The summed E-state index contributed by atoms with van der Waals surface area (Å²) in [6.45, 7) is 11.9. The zero-order valence-electron chi connectivity index (χ0n) is 22.0. The van der Waals surface area contributed by atoms with Gasteiger partial charge in [-0.05, 0) is 69.5 Å². The number of nitrogens with zero attached hydrogens (tertiary/aromatic N) is 1. The van der Waals surface area contributed by atoms with Crippen molar-refractivity contribution in [3.63, 3.8) is 0 Å². The van der Waals surface area contributed by atoms with Gasteiger partial charge in [-0.2, -0.15) is 0 Å². The fourth-order valence-corrected chi connectivity index (χ4v) is 4.29.